The molecule has 124 valence electrons. The SMILES string of the molecule is O=C(c1ccc([N+](=O)[O-])c(O)c1)N1CC[C@@]2(O)CCCC[C@@H]2C1. The largest absolute Gasteiger partial charge is 0.502 e. The molecule has 1 saturated heterocycles. The number of fused-ring (bicyclic) bond motifs is 1. The second-order valence-electron chi connectivity index (χ2n) is 6.51. The van der Waals surface area contributed by atoms with Gasteiger partial charge in [0.15, 0.2) is 5.75 Å². The van der Waals surface area contributed by atoms with Gasteiger partial charge in [-0.1, -0.05) is 12.8 Å². The summed E-state index contributed by atoms with van der Waals surface area (Å²) in [5.41, 5.74) is -0.844. The molecular weight excluding hydrogens is 300 g/mol. The molecule has 1 aromatic carbocycles. The van der Waals surface area contributed by atoms with Crippen LogP contribution in [0, 0.1) is 16.0 Å². The Kier molecular flexibility index (Phi) is 3.97. The number of benzene rings is 1. The van der Waals surface area contributed by atoms with Crippen molar-refractivity contribution in [1.82, 2.24) is 4.90 Å². The maximum atomic E-state index is 12.6. The van der Waals surface area contributed by atoms with Gasteiger partial charge in [0.1, 0.15) is 0 Å². The molecule has 0 unspecified atom stereocenters. The first-order valence-corrected chi connectivity index (χ1v) is 7.90. The minimum Gasteiger partial charge on any atom is -0.502 e. The molecule has 1 amide bonds. The highest BCUT2D eigenvalue weighted by Gasteiger charge is 2.43. The number of nitro groups is 1. The molecule has 0 radical (unpaired) electrons. The standard InChI is InChI=1S/C16H20N2O5/c19-14-9-11(4-5-13(14)18(22)23)15(20)17-8-7-16(21)6-2-1-3-12(16)10-17/h4-5,9,12,19,21H,1-3,6-8,10H2/t12-,16+/m1/s1. The van der Waals surface area contributed by atoms with E-state index >= 15 is 0 Å². The van der Waals surface area contributed by atoms with Gasteiger partial charge in [-0.25, -0.2) is 0 Å². The number of aliphatic hydroxyl groups is 1. The third kappa shape index (κ3) is 2.88. The van der Waals surface area contributed by atoms with E-state index in [0.29, 0.717) is 19.5 Å². The lowest BCUT2D eigenvalue weighted by atomic mass is 9.71. The highest BCUT2D eigenvalue weighted by atomic mass is 16.6. The second kappa shape index (κ2) is 5.81. The maximum Gasteiger partial charge on any atom is 0.310 e. The molecule has 7 nitrogen and oxygen atoms in total. The molecule has 2 atom stereocenters. The molecular formula is C16H20N2O5. The van der Waals surface area contributed by atoms with Crippen LogP contribution in [0.1, 0.15) is 42.5 Å². The molecule has 23 heavy (non-hydrogen) atoms. The molecule has 2 N–H and O–H groups in total. The average Bonchev–Trinajstić information content (AvgIpc) is 2.52. The number of amides is 1. The Bertz CT molecular complexity index is 647. The van der Waals surface area contributed by atoms with E-state index in [1.165, 1.54) is 6.07 Å². The number of rotatable bonds is 2. The van der Waals surface area contributed by atoms with Crippen molar-refractivity contribution in [2.45, 2.75) is 37.7 Å². The molecule has 1 aromatic rings. The van der Waals surface area contributed by atoms with Crippen molar-refractivity contribution in [2.75, 3.05) is 13.1 Å². The normalized spacial score (nSPS) is 27.3. The van der Waals surface area contributed by atoms with Gasteiger partial charge in [-0.15, -0.1) is 0 Å². The zero-order valence-corrected chi connectivity index (χ0v) is 12.8. The molecule has 2 aliphatic rings. The Morgan fingerprint density at radius 1 is 1.35 bits per heavy atom. The van der Waals surface area contributed by atoms with Crippen LogP contribution >= 0.6 is 0 Å². The molecule has 1 saturated carbocycles. The lowest BCUT2D eigenvalue weighted by Gasteiger charge is -2.47. The van der Waals surface area contributed by atoms with Crippen LogP contribution in [0.3, 0.4) is 0 Å². The Labute approximate surface area is 133 Å². The predicted octanol–water partition coefficient (Wildman–Crippen LogP) is 2.07. The number of carbonyl (C=O) groups excluding carboxylic acids is 1. The van der Waals surface area contributed by atoms with E-state index in [2.05, 4.69) is 0 Å². The smallest absolute Gasteiger partial charge is 0.310 e. The lowest BCUT2D eigenvalue weighted by Crippen LogP contribution is -2.54. The number of nitrogens with zero attached hydrogens (tertiary/aromatic N) is 2. The lowest BCUT2D eigenvalue weighted by molar-refractivity contribution is -0.385. The first-order chi connectivity index (χ1) is 10.9. The van der Waals surface area contributed by atoms with E-state index in [1.54, 1.807) is 4.90 Å². The summed E-state index contributed by atoms with van der Waals surface area (Å²) in [5.74, 6) is -0.685. The van der Waals surface area contributed by atoms with Crippen LogP contribution in [0.5, 0.6) is 5.75 Å². The average molecular weight is 320 g/mol. The van der Waals surface area contributed by atoms with Gasteiger partial charge in [-0.05, 0) is 31.4 Å². The van der Waals surface area contributed by atoms with Crippen LogP contribution < -0.4 is 0 Å². The Morgan fingerprint density at radius 2 is 2.13 bits per heavy atom. The number of aromatic hydroxyl groups is 1. The van der Waals surface area contributed by atoms with Crippen LogP contribution in [0.25, 0.3) is 0 Å². The summed E-state index contributed by atoms with van der Waals surface area (Å²) in [5, 5.41) is 31.1. The molecule has 3 rings (SSSR count). The fourth-order valence-electron chi connectivity index (χ4n) is 3.75. The quantitative estimate of drug-likeness (QED) is 0.641. The monoisotopic (exact) mass is 320 g/mol. The van der Waals surface area contributed by atoms with E-state index in [0.717, 1.165) is 37.8 Å². The summed E-state index contributed by atoms with van der Waals surface area (Å²) in [7, 11) is 0. The number of hydrogen-bond donors (Lipinski definition) is 2. The van der Waals surface area contributed by atoms with Gasteiger partial charge in [-0.3, -0.25) is 14.9 Å². The van der Waals surface area contributed by atoms with Crippen molar-refractivity contribution in [3.8, 4) is 5.75 Å². The molecule has 0 bridgehead atoms. The molecule has 1 aliphatic heterocycles. The fraction of sp³-hybridized carbons (Fsp3) is 0.562. The highest BCUT2D eigenvalue weighted by Crippen LogP contribution is 2.40. The molecule has 0 spiro atoms. The second-order valence-corrected chi connectivity index (χ2v) is 6.51. The fourth-order valence-corrected chi connectivity index (χ4v) is 3.75. The van der Waals surface area contributed by atoms with Gasteiger partial charge in [0.05, 0.1) is 10.5 Å². The minimum absolute atomic E-state index is 0.0839. The Morgan fingerprint density at radius 3 is 2.83 bits per heavy atom. The molecule has 2 fully saturated rings. The van der Waals surface area contributed by atoms with Crippen LogP contribution in [0.4, 0.5) is 5.69 Å². The third-order valence-electron chi connectivity index (χ3n) is 5.13. The van der Waals surface area contributed by atoms with Crippen molar-refractivity contribution in [2.24, 2.45) is 5.92 Å². The first kappa shape index (κ1) is 15.7. The van der Waals surface area contributed by atoms with Crippen LogP contribution in [-0.2, 0) is 0 Å². The van der Waals surface area contributed by atoms with E-state index in [-0.39, 0.29) is 17.4 Å². The van der Waals surface area contributed by atoms with Gasteiger partial charge >= 0.3 is 5.69 Å². The summed E-state index contributed by atoms with van der Waals surface area (Å²) < 4.78 is 0. The topological polar surface area (TPSA) is 104 Å². The van der Waals surface area contributed by atoms with E-state index in [4.69, 9.17) is 0 Å². The van der Waals surface area contributed by atoms with Crippen molar-refractivity contribution < 1.29 is 19.9 Å². The number of hydrogen-bond acceptors (Lipinski definition) is 5. The number of carbonyl (C=O) groups is 1. The summed E-state index contributed by atoms with van der Waals surface area (Å²) in [6.45, 7) is 0.955. The molecule has 0 aromatic heterocycles. The van der Waals surface area contributed by atoms with E-state index in [9.17, 15) is 25.1 Å². The summed E-state index contributed by atoms with van der Waals surface area (Å²) in [4.78, 5) is 24.3. The number of piperidine rings is 1. The van der Waals surface area contributed by atoms with Crippen molar-refractivity contribution >= 4 is 11.6 Å². The van der Waals surface area contributed by atoms with Crippen molar-refractivity contribution in [3.63, 3.8) is 0 Å². The Hall–Kier alpha value is -2.15. The van der Waals surface area contributed by atoms with Gasteiger partial charge in [-0.2, -0.15) is 0 Å². The summed E-state index contributed by atoms with van der Waals surface area (Å²) in [6, 6.07) is 3.65. The van der Waals surface area contributed by atoms with Crippen LogP contribution in [0.2, 0.25) is 0 Å². The number of phenols is 1. The minimum atomic E-state index is -0.688. The predicted molar refractivity (Wildman–Crippen MR) is 82.2 cm³/mol. The van der Waals surface area contributed by atoms with Crippen LogP contribution in [-0.4, -0.2) is 44.6 Å². The van der Waals surface area contributed by atoms with Gasteiger partial charge in [0.25, 0.3) is 5.91 Å². The van der Waals surface area contributed by atoms with E-state index < -0.39 is 22.0 Å². The zero-order chi connectivity index (χ0) is 16.6. The highest BCUT2D eigenvalue weighted by molar-refractivity contribution is 5.95. The van der Waals surface area contributed by atoms with Gasteiger partial charge < -0.3 is 15.1 Å². The summed E-state index contributed by atoms with van der Waals surface area (Å²) >= 11 is 0. The number of likely N-dealkylation sites (tertiary alicyclic amines) is 1. The number of phenolic OH excluding ortho intramolecular Hbond substituents is 1. The van der Waals surface area contributed by atoms with Crippen LogP contribution in [0.15, 0.2) is 18.2 Å². The summed E-state index contributed by atoms with van der Waals surface area (Å²) in [6.07, 6.45) is 4.34. The molecule has 1 aliphatic carbocycles. The zero-order valence-electron chi connectivity index (χ0n) is 12.8. The Balaban J connectivity index is 1.76. The van der Waals surface area contributed by atoms with Gasteiger partial charge in [0.2, 0.25) is 0 Å². The number of nitro benzene ring substituents is 1. The molecule has 1 heterocycles. The van der Waals surface area contributed by atoms with Gasteiger partial charge in [0, 0.05) is 30.6 Å². The van der Waals surface area contributed by atoms with Crippen molar-refractivity contribution in [1.29, 1.82) is 0 Å². The first-order valence-electron chi connectivity index (χ1n) is 7.90. The molecule has 7 heteroatoms. The van der Waals surface area contributed by atoms with E-state index in [1.807, 2.05) is 0 Å². The third-order valence-corrected chi connectivity index (χ3v) is 5.13. The van der Waals surface area contributed by atoms with Crippen molar-refractivity contribution in [3.05, 3.63) is 33.9 Å². The maximum absolute atomic E-state index is 12.6.